The molecule has 0 atom stereocenters. The molecule has 0 saturated carbocycles. The van der Waals surface area contributed by atoms with Crippen molar-refractivity contribution in [1.82, 2.24) is 0 Å². The third kappa shape index (κ3) is 2.60. The average molecular weight is 231 g/mol. The number of benzene rings is 2. The summed E-state index contributed by atoms with van der Waals surface area (Å²) in [6.07, 6.45) is 0. The molecule has 0 heterocycles. The lowest BCUT2D eigenvalue weighted by molar-refractivity contribution is 0.0697. The third-order valence-corrected chi connectivity index (χ3v) is 2.27. The lowest BCUT2D eigenvalue weighted by Gasteiger charge is -2.08. The van der Waals surface area contributed by atoms with Gasteiger partial charge in [-0.2, -0.15) is 0 Å². The quantitative estimate of drug-likeness (QED) is 0.852. The molecule has 0 fully saturated rings. The first kappa shape index (κ1) is 11.1. The van der Waals surface area contributed by atoms with E-state index in [0.717, 1.165) is 6.07 Å². The van der Waals surface area contributed by atoms with E-state index in [1.165, 1.54) is 12.1 Å². The molecule has 0 saturated heterocycles. The van der Waals surface area contributed by atoms with Gasteiger partial charge < -0.3 is 10.4 Å². The number of carboxylic acids is 1. The highest BCUT2D eigenvalue weighted by molar-refractivity contribution is 5.89. The summed E-state index contributed by atoms with van der Waals surface area (Å²) in [5.41, 5.74) is 0.898. The van der Waals surface area contributed by atoms with Crippen molar-refractivity contribution in [1.29, 1.82) is 0 Å². The number of carboxylic acid groups (broad SMARTS) is 1. The van der Waals surface area contributed by atoms with Crippen LogP contribution in [-0.4, -0.2) is 11.1 Å². The molecule has 0 radical (unpaired) electrons. The lowest BCUT2D eigenvalue weighted by atomic mass is 10.2. The molecule has 2 rings (SSSR count). The van der Waals surface area contributed by atoms with E-state index in [4.69, 9.17) is 5.11 Å². The Morgan fingerprint density at radius 1 is 1.12 bits per heavy atom. The Bertz CT molecular complexity index is 540. The van der Waals surface area contributed by atoms with Crippen molar-refractivity contribution >= 4 is 17.3 Å². The Hall–Kier alpha value is -2.36. The van der Waals surface area contributed by atoms with Crippen LogP contribution in [0.1, 0.15) is 10.4 Å². The third-order valence-electron chi connectivity index (χ3n) is 2.27. The summed E-state index contributed by atoms with van der Waals surface area (Å²) < 4.78 is 13.5. The highest BCUT2D eigenvalue weighted by Crippen LogP contribution is 2.21. The molecule has 0 aliphatic rings. The molecular formula is C13H10FNO2. The second-order valence-electron chi connectivity index (χ2n) is 3.49. The second-order valence-corrected chi connectivity index (χ2v) is 3.49. The highest BCUT2D eigenvalue weighted by atomic mass is 19.1. The maximum Gasteiger partial charge on any atom is 0.335 e. The van der Waals surface area contributed by atoms with Crippen molar-refractivity contribution in [2.45, 2.75) is 0 Å². The zero-order valence-corrected chi connectivity index (χ0v) is 8.85. The molecule has 0 aromatic heterocycles. The summed E-state index contributed by atoms with van der Waals surface area (Å²) in [4.78, 5) is 10.8. The van der Waals surface area contributed by atoms with Crippen LogP contribution >= 0.6 is 0 Å². The minimum atomic E-state index is -1.08. The Labute approximate surface area is 97.5 Å². The maximum atomic E-state index is 13.5. The number of hydrogen-bond acceptors (Lipinski definition) is 2. The molecule has 86 valence electrons. The van der Waals surface area contributed by atoms with Crippen LogP contribution in [-0.2, 0) is 0 Å². The average Bonchev–Trinajstić information content (AvgIpc) is 2.33. The monoisotopic (exact) mass is 231 g/mol. The Morgan fingerprint density at radius 2 is 1.82 bits per heavy atom. The minimum absolute atomic E-state index is 0.0461. The topological polar surface area (TPSA) is 49.3 Å². The fraction of sp³-hybridized carbons (Fsp3) is 0. The van der Waals surface area contributed by atoms with Gasteiger partial charge in [0.2, 0.25) is 0 Å². The van der Waals surface area contributed by atoms with Crippen molar-refractivity contribution in [2.24, 2.45) is 0 Å². The van der Waals surface area contributed by atoms with Crippen LogP contribution in [0.3, 0.4) is 0 Å². The number of rotatable bonds is 3. The lowest BCUT2D eigenvalue weighted by Crippen LogP contribution is -2.00. The van der Waals surface area contributed by atoms with Crippen molar-refractivity contribution in [3.8, 4) is 0 Å². The summed E-state index contributed by atoms with van der Waals surface area (Å²) in [5, 5.41) is 11.6. The fourth-order valence-corrected chi connectivity index (χ4v) is 1.43. The number of hydrogen-bond donors (Lipinski definition) is 2. The summed E-state index contributed by atoms with van der Waals surface area (Å²) in [6, 6.07) is 12.6. The van der Waals surface area contributed by atoms with E-state index in [9.17, 15) is 9.18 Å². The number of halogens is 1. The molecule has 0 aliphatic heterocycles. The van der Waals surface area contributed by atoms with Crippen LogP contribution in [0, 0.1) is 5.82 Å². The van der Waals surface area contributed by atoms with E-state index in [-0.39, 0.29) is 11.3 Å². The molecule has 2 N–H and O–H groups in total. The molecular weight excluding hydrogens is 221 g/mol. The minimum Gasteiger partial charge on any atom is -0.478 e. The predicted molar refractivity (Wildman–Crippen MR) is 63.1 cm³/mol. The Morgan fingerprint density at radius 3 is 2.47 bits per heavy atom. The number of carbonyl (C=O) groups is 1. The molecule has 0 bridgehead atoms. The molecule has 0 amide bonds. The van der Waals surface area contributed by atoms with Crippen molar-refractivity contribution in [2.75, 3.05) is 5.32 Å². The number of para-hydroxylation sites is 1. The molecule has 4 heteroatoms. The van der Waals surface area contributed by atoms with Crippen molar-refractivity contribution in [3.05, 3.63) is 59.9 Å². The van der Waals surface area contributed by atoms with E-state index in [0.29, 0.717) is 5.69 Å². The maximum absolute atomic E-state index is 13.5. The fourth-order valence-electron chi connectivity index (χ4n) is 1.43. The van der Waals surface area contributed by atoms with Crippen LogP contribution < -0.4 is 5.32 Å². The largest absolute Gasteiger partial charge is 0.478 e. The molecule has 0 spiro atoms. The second kappa shape index (κ2) is 4.65. The van der Waals surface area contributed by atoms with Crippen LogP contribution in [0.5, 0.6) is 0 Å². The normalized spacial score (nSPS) is 9.94. The smallest absolute Gasteiger partial charge is 0.335 e. The first-order valence-corrected chi connectivity index (χ1v) is 5.02. The summed E-state index contributed by atoms with van der Waals surface area (Å²) in [6.45, 7) is 0. The number of nitrogens with one attached hydrogen (secondary N) is 1. The van der Waals surface area contributed by atoms with Gasteiger partial charge in [0.25, 0.3) is 0 Å². The zero-order valence-electron chi connectivity index (χ0n) is 8.85. The molecule has 2 aromatic rings. The number of anilines is 2. The van der Waals surface area contributed by atoms with E-state index < -0.39 is 11.8 Å². The van der Waals surface area contributed by atoms with Crippen LogP contribution in [0.15, 0.2) is 48.5 Å². The van der Waals surface area contributed by atoms with Crippen LogP contribution in [0.4, 0.5) is 15.8 Å². The Kier molecular flexibility index (Phi) is 3.05. The van der Waals surface area contributed by atoms with E-state index in [2.05, 4.69) is 5.32 Å². The van der Waals surface area contributed by atoms with Gasteiger partial charge in [-0.1, -0.05) is 18.2 Å². The molecule has 2 aromatic carbocycles. The van der Waals surface area contributed by atoms with Gasteiger partial charge in [0.15, 0.2) is 0 Å². The van der Waals surface area contributed by atoms with Gasteiger partial charge >= 0.3 is 5.97 Å². The van der Waals surface area contributed by atoms with E-state index in [1.54, 1.807) is 24.3 Å². The molecule has 3 nitrogen and oxygen atoms in total. The van der Waals surface area contributed by atoms with Gasteiger partial charge in [-0.15, -0.1) is 0 Å². The molecule has 0 aliphatic carbocycles. The van der Waals surface area contributed by atoms with Gasteiger partial charge in [0, 0.05) is 5.69 Å². The van der Waals surface area contributed by atoms with Crippen molar-refractivity contribution < 1.29 is 14.3 Å². The van der Waals surface area contributed by atoms with Crippen LogP contribution in [0.25, 0.3) is 0 Å². The highest BCUT2D eigenvalue weighted by Gasteiger charge is 2.08. The van der Waals surface area contributed by atoms with Gasteiger partial charge in [0.05, 0.1) is 11.3 Å². The molecule has 0 unspecified atom stereocenters. The standard InChI is InChI=1S/C13H10FNO2/c14-11-7-6-9(13(16)17)8-12(11)15-10-4-2-1-3-5-10/h1-8,15H,(H,16,17). The van der Waals surface area contributed by atoms with E-state index >= 15 is 0 Å². The summed E-state index contributed by atoms with van der Waals surface area (Å²) in [7, 11) is 0. The van der Waals surface area contributed by atoms with Crippen LogP contribution in [0.2, 0.25) is 0 Å². The van der Waals surface area contributed by atoms with Gasteiger partial charge in [-0.05, 0) is 30.3 Å². The zero-order chi connectivity index (χ0) is 12.3. The predicted octanol–water partition coefficient (Wildman–Crippen LogP) is 3.27. The SMILES string of the molecule is O=C(O)c1ccc(F)c(Nc2ccccc2)c1. The first-order chi connectivity index (χ1) is 8.16. The first-order valence-electron chi connectivity index (χ1n) is 5.02. The number of aromatic carboxylic acids is 1. The Balaban J connectivity index is 2.32. The van der Waals surface area contributed by atoms with Gasteiger partial charge in [-0.3, -0.25) is 0 Å². The van der Waals surface area contributed by atoms with Gasteiger partial charge in [-0.25, -0.2) is 9.18 Å². The van der Waals surface area contributed by atoms with Crippen molar-refractivity contribution in [3.63, 3.8) is 0 Å². The summed E-state index contributed by atoms with van der Waals surface area (Å²) in [5.74, 6) is -1.57. The summed E-state index contributed by atoms with van der Waals surface area (Å²) >= 11 is 0. The van der Waals surface area contributed by atoms with E-state index in [1.807, 2.05) is 6.07 Å². The van der Waals surface area contributed by atoms with Gasteiger partial charge in [0.1, 0.15) is 5.82 Å². The molecule has 17 heavy (non-hydrogen) atoms.